The Morgan fingerprint density at radius 2 is 2.00 bits per heavy atom. The Balaban J connectivity index is 2.60. The van der Waals surface area contributed by atoms with Crippen molar-refractivity contribution in [3.05, 3.63) is 0 Å². The molecule has 88 valence electrons. The summed E-state index contributed by atoms with van der Waals surface area (Å²) in [6.45, 7) is 8.33. The van der Waals surface area contributed by atoms with Crippen LogP contribution >= 0.6 is 0 Å². The van der Waals surface area contributed by atoms with Gasteiger partial charge in [0.15, 0.2) is 0 Å². The van der Waals surface area contributed by atoms with Crippen molar-refractivity contribution in [3.8, 4) is 0 Å². The third-order valence-corrected chi connectivity index (χ3v) is 3.59. The van der Waals surface area contributed by atoms with Gasteiger partial charge < -0.3 is 5.32 Å². The van der Waals surface area contributed by atoms with E-state index in [0.717, 1.165) is 6.42 Å². The Bertz CT molecular complexity index is 240. The lowest BCUT2D eigenvalue weighted by atomic mass is 9.64. The molecule has 0 aromatic rings. The molecule has 15 heavy (non-hydrogen) atoms. The summed E-state index contributed by atoms with van der Waals surface area (Å²) in [5, 5.41) is 2.44. The molecule has 0 saturated heterocycles. The zero-order valence-electron chi connectivity index (χ0n) is 10.2. The zero-order valence-corrected chi connectivity index (χ0v) is 10.2. The van der Waals surface area contributed by atoms with Crippen molar-refractivity contribution < 1.29 is 9.18 Å². The van der Waals surface area contributed by atoms with Crippen LogP contribution in [0.5, 0.6) is 0 Å². The maximum absolute atomic E-state index is 12.4. The molecule has 0 aromatic carbocycles. The summed E-state index contributed by atoms with van der Waals surface area (Å²) in [6, 6.07) is -0.0692. The highest BCUT2D eigenvalue weighted by Crippen LogP contribution is 2.46. The van der Waals surface area contributed by atoms with Gasteiger partial charge in [0.25, 0.3) is 0 Å². The standard InChI is InChI=1S/C12H22FNO/c1-11(2,3)9(14-10(13)15)8-12(4)6-5-7-12/h9H,5-8H2,1-4H3,(H,14,15). The molecule has 0 aliphatic heterocycles. The molecular formula is C12H22FNO. The number of carbonyl (C=O) groups excluding carboxylic acids is 1. The van der Waals surface area contributed by atoms with E-state index < -0.39 is 6.16 Å². The number of halogens is 1. The number of nitrogens with one attached hydrogen (secondary N) is 1. The summed E-state index contributed by atoms with van der Waals surface area (Å²) < 4.78 is 12.4. The summed E-state index contributed by atoms with van der Waals surface area (Å²) in [5.41, 5.74) is 0.223. The minimum absolute atomic E-state index is 0.0692. The molecule has 1 unspecified atom stereocenters. The topological polar surface area (TPSA) is 29.1 Å². The van der Waals surface area contributed by atoms with E-state index in [0.29, 0.717) is 5.41 Å². The van der Waals surface area contributed by atoms with Crippen LogP contribution in [0, 0.1) is 10.8 Å². The first kappa shape index (κ1) is 12.5. The van der Waals surface area contributed by atoms with Crippen LogP contribution < -0.4 is 5.32 Å². The SMILES string of the molecule is CC1(CC(NC(=O)F)C(C)(C)C)CCC1. The summed E-state index contributed by atoms with van der Waals surface area (Å²) in [5.74, 6) is 0. The van der Waals surface area contributed by atoms with Gasteiger partial charge in [-0.25, -0.2) is 4.79 Å². The van der Waals surface area contributed by atoms with E-state index >= 15 is 0 Å². The second kappa shape index (κ2) is 4.11. The fourth-order valence-electron chi connectivity index (χ4n) is 2.19. The Hall–Kier alpha value is -0.600. The van der Waals surface area contributed by atoms with Crippen LogP contribution in [0.15, 0.2) is 0 Å². The van der Waals surface area contributed by atoms with Gasteiger partial charge in [-0.1, -0.05) is 34.1 Å². The lowest BCUT2D eigenvalue weighted by Gasteiger charge is -2.44. The number of amides is 1. The van der Waals surface area contributed by atoms with Crippen LogP contribution in [0.4, 0.5) is 9.18 Å². The average Bonchev–Trinajstić information content (AvgIpc) is 1.97. The molecule has 1 rings (SSSR count). The highest BCUT2D eigenvalue weighted by molar-refractivity contribution is 5.66. The molecule has 0 heterocycles. The highest BCUT2D eigenvalue weighted by Gasteiger charge is 2.38. The molecule has 1 N–H and O–H groups in total. The van der Waals surface area contributed by atoms with Gasteiger partial charge in [-0.15, -0.1) is 4.39 Å². The fraction of sp³-hybridized carbons (Fsp3) is 0.917. The van der Waals surface area contributed by atoms with Crippen molar-refractivity contribution in [3.63, 3.8) is 0 Å². The van der Waals surface area contributed by atoms with Gasteiger partial charge in [0.1, 0.15) is 0 Å². The number of hydrogen-bond donors (Lipinski definition) is 1. The van der Waals surface area contributed by atoms with Crippen molar-refractivity contribution in [1.82, 2.24) is 5.32 Å². The second-order valence-electron chi connectivity index (χ2n) is 6.20. The number of rotatable bonds is 3. The number of hydrogen-bond acceptors (Lipinski definition) is 1. The van der Waals surface area contributed by atoms with Crippen molar-refractivity contribution in [2.75, 3.05) is 0 Å². The second-order valence-corrected chi connectivity index (χ2v) is 6.20. The Morgan fingerprint density at radius 3 is 2.27 bits per heavy atom. The van der Waals surface area contributed by atoms with Gasteiger partial charge >= 0.3 is 6.16 Å². The van der Waals surface area contributed by atoms with Gasteiger partial charge in [-0.2, -0.15) is 0 Å². The van der Waals surface area contributed by atoms with Gasteiger partial charge in [0.05, 0.1) is 0 Å². The van der Waals surface area contributed by atoms with Crippen molar-refractivity contribution in [2.45, 2.75) is 59.4 Å². The fourth-order valence-corrected chi connectivity index (χ4v) is 2.19. The molecule has 1 atom stereocenters. The monoisotopic (exact) mass is 215 g/mol. The molecule has 0 aromatic heterocycles. The molecule has 2 nitrogen and oxygen atoms in total. The van der Waals surface area contributed by atoms with Crippen LogP contribution in [-0.4, -0.2) is 12.2 Å². The summed E-state index contributed by atoms with van der Waals surface area (Å²) >= 11 is 0. The first-order valence-electron chi connectivity index (χ1n) is 5.69. The Kier molecular flexibility index (Phi) is 3.41. The Morgan fingerprint density at radius 1 is 1.47 bits per heavy atom. The van der Waals surface area contributed by atoms with E-state index in [1.54, 1.807) is 0 Å². The number of carbonyl (C=O) groups is 1. The molecule has 1 fully saturated rings. The highest BCUT2D eigenvalue weighted by atomic mass is 19.1. The minimum atomic E-state index is -1.40. The molecular weight excluding hydrogens is 193 g/mol. The average molecular weight is 215 g/mol. The van der Waals surface area contributed by atoms with E-state index in [4.69, 9.17) is 0 Å². The van der Waals surface area contributed by atoms with Crippen LogP contribution in [0.2, 0.25) is 0 Å². The van der Waals surface area contributed by atoms with Gasteiger partial charge in [0.2, 0.25) is 0 Å². The quantitative estimate of drug-likeness (QED) is 0.565. The van der Waals surface area contributed by atoms with E-state index in [-0.39, 0.29) is 11.5 Å². The maximum atomic E-state index is 12.4. The normalized spacial score (nSPS) is 21.7. The Labute approximate surface area is 91.6 Å². The van der Waals surface area contributed by atoms with Crippen molar-refractivity contribution in [1.29, 1.82) is 0 Å². The molecule has 1 aliphatic rings. The molecule has 0 bridgehead atoms. The summed E-state index contributed by atoms with van der Waals surface area (Å²) in [6.07, 6.45) is 3.13. The summed E-state index contributed by atoms with van der Waals surface area (Å²) in [4.78, 5) is 10.5. The van der Waals surface area contributed by atoms with Gasteiger partial charge in [-0.3, -0.25) is 0 Å². The zero-order chi connectivity index (χ0) is 11.7. The van der Waals surface area contributed by atoms with E-state index in [1.165, 1.54) is 19.3 Å². The first-order valence-corrected chi connectivity index (χ1v) is 5.69. The lowest BCUT2D eigenvalue weighted by molar-refractivity contribution is 0.0939. The predicted molar refractivity (Wildman–Crippen MR) is 59.5 cm³/mol. The van der Waals surface area contributed by atoms with E-state index in [2.05, 4.69) is 12.2 Å². The van der Waals surface area contributed by atoms with Crippen LogP contribution in [0.1, 0.15) is 53.4 Å². The minimum Gasteiger partial charge on any atom is -0.325 e. The maximum Gasteiger partial charge on any atom is 0.397 e. The molecule has 3 heteroatoms. The van der Waals surface area contributed by atoms with E-state index in [9.17, 15) is 9.18 Å². The molecule has 1 saturated carbocycles. The van der Waals surface area contributed by atoms with Gasteiger partial charge in [0, 0.05) is 6.04 Å². The molecule has 1 amide bonds. The molecule has 1 aliphatic carbocycles. The van der Waals surface area contributed by atoms with Crippen LogP contribution in [0.25, 0.3) is 0 Å². The van der Waals surface area contributed by atoms with Crippen molar-refractivity contribution >= 4 is 6.16 Å². The van der Waals surface area contributed by atoms with Crippen LogP contribution in [-0.2, 0) is 0 Å². The van der Waals surface area contributed by atoms with Crippen LogP contribution in [0.3, 0.4) is 0 Å². The largest absolute Gasteiger partial charge is 0.397 e. The van der Waals surface area contributed by atoms with E-state index in [1.807, 2.05) is 20.8 Å². The van der Waals surface area contributed by atoms with Crippen molar-refractivity contribution in [2.24, 2.45) is 10.8 Å². The lowest BCUT2D eigenvalue weighted by Crippen LogP contribution is -2.46. The summed E-state index contributed by atoms with van der Waals surface area (Å²) in [7, 11) is 0. The van der Waals surface area contributed by atoms with Gasteiger partial charge in [-0.05, 0) is 30.1 Å². The smallest absolute Gasteiger partial charge is 0.325 e. The third-order valence-electron chi connectivity index (χ3n) is 3.59. The molecule has 0 radical (unpaired) electrons. The third kappa shape index (κ3) is 3.47. The molecule has 0 spiro atoms. The first-order chi connectivity index (χ1) is 6.73. The predicted octanol–water partition coefficient (Wildman–Crippen LogP) is 3.66.